The van der Waals surface area contributed by atoms with Crippen LogP contribution in [0.15, 0.2) is 54.0 Å². The van der Waals surface area contributed by atoms with Crippen LogP contribution in [-0.2, 0) is 22.6 Å². The van der Waals surface area contributed by atoms with Gasteiger partial charge in [-0.15, -0.1) is 6.58 Å². The van der Waals surface area contributed by atoms with E-state index in [1.165, 1.54) is 7.11 Å². The number of carbonyl (C=O) groups is 2. The van der Waals surface area contributed by atoms with Crippen molar-refractivity contribution in [2.75, 3.05) is 13.7 Å². The second kappa shape index (κ2) is 10.7. The van der Waals surface area contributed by atoms with Crippen molar-refractivity contribution < 1.29 is 24.2 Å². The van der Waals surface area contributed by atoms with Crippen LogP contribution >= 0.6 is 35.6 Å². The predicted molar refractivity (Wildman–Crippen MR) is 130 cm³/mol. The number of amides is 1. The Bertz CT molecular complexity index is 1100. The first-order chi connectivity index (χ1) is 15.3. The summed E-state index contributed by atoms with van der Waals surface area (Å²) < 4.78 is 11.8. The predicted octanol–water partition coefficient (Wildman–Crippen LogP) is 4.94. The molecule has 1 saturated heterocycles. The van der Waals surface area contributed by atoms with Crippen LogP contribution in [0.25, 0.3) is 6.08 Å². The van der Waals surface area contributed by atoms with Crippen LogP contribution in [0, 0.1) is 0 Å². The zero-order valence-corrected chi connectivity index (χ0v) is 19.6. The number of hydrogen-bond acceptors (Lipinski definition) is 6. The van der Waals surface area contributed by atoms with Crippen LogP contribution in [0.1, 0.15) is 16.7 Å². The average molecular weight is 490 g/mol. The van der Waals surface area contributed by atoms with Gasteiger partial charge < -0.3 is 14.6 Å². The van der Waals surface area contributed by atoms with Crippen molar-refractivity contribution in [1.29, 1.82) is 0 Å². The number of ether oxygens (including phenoxy) is 2. The monoisotopic (exact) mass is 489 g/mol. The van der Waals surface area contributed by atoms with Gasteiger partial charge in [0.2, 0.25) is 0 Å². The Kier molecular flexibility index (Phi) is 7.95. The summed E-state index contributed by atoms with van der Waals surface area (Å²) >= 11 is 12.2. The summed E-state index contributed by atoms with van der Waals surface area (Å²) in [5.41, 5.74) is 2.49. The number of carbonyl (C=O) groups excluding carboxylic acids is 1. The quantitative estimate of drug-likeness (QED) is 0.303. The van der Waals surface area contributed by atoms with Crippen LogP contribution in [0.4, 0.5) is 0 Å². The summed E-state index contributed by atoms with van der Waals surface area (Å²) in [6, 6.07) is 11.0. The second-order valence-corrected chi connectivity index (χ2v) is 8.89. The molecule has 1 aliphatic heterocycles. The van der Waals surface area contributed by atoms with Gasteiger partial charge in [-0.25, -0.2) is 0 Å². The standard InChI is InChI=1S/C23H20ClNO5S2/c1-3-4-16-9-15(11-19-22(28)25(12-20(26)27)23(31)32-19)10-18(29-2)21(16)30-13-14-5-7-17(24)8-6-14/h3,5-11H,1,4,12-13H2,2H3,(H,26,27)/b19-11+. The molecule has 2 aromatic carbocycles. The molecular formula is C23H20ClNO5S2. The molecule has 0 atom stereocenters. The Morgan fingerprint density at radius 1 is 1.31 bits per heavy atom. The second-order valence-electron chi connectivity index (χ2n) is 6.78. The summed E-state index contributed by atoms with van der Waals surface area (Å²) in [5, 5.41) is 9.65. The van der Waals surface area contributed by atoms with Crippen LogP contribution < -0.4 is 9.47 Å². The minimum absolute atomic E-state index is 0.213. The number of carboxylic acid groups (broad SMARTS) is 1. The van der Waals surface area contributed by atoms with Gasteiger partial charge in [0.15, 0.2) is 11.5 Å². The molecule has 0 unspecified atom stereocenters. The Balaban J connectivity index is 1.90. The first kappa shape index (κ1) is 23.8. The Morgan fingerprint density at radius 3 is 2.66 bits per heavy atom. The third-order valence-electron chi connectivity index (χ3n) is 4.50. The number of aliphatic carboxylic acids is 1. The van der Waals surface area contributed by atoms with E-state index < -0.39 is 18.4 Å². The number of methoxy groups -OCH3 is 1. The number of thioether (sulfide) groups is 1. The number of nitrogens with zero attached hydrogens (tertiary/aromatic N) is 1. The summed E-state index contributed by atoms with van der Waals surface area (Å²) in [6.45, 7) is 3.67. The van der Waals surface area contributed by atoms with Crippen molar-refractivity contribution in [3.8, 4) is 11.5 Å². The molecule has 1 aliphatic rings. The highest BCUT2D eigenvalue weighted by molar-refractivity contribution is 8.26. The zero-order valence-electron chi connectivity index (χ0n) is 17.2. The molecule has 32 heavy (non-hydrogen) atoms. The minimum Gasteiger partial charge on any atom is -0.493 e. The van der Waals surface area contributed by atoms with E-state index in [0.717, 1.165) is 27.8 Å². The van der Waals surface area contributed by atoms with Gasteiger partial charge in [0.25, 0.3) is 5.91 Å². The number of hydrogen-bond donors (Lipinski definition) is 1. The van der Waals surface area contributed by atoms with Crippen molar-refractivity contribution in [3.05, 3.63) is 75.7 Å². The molecule has 2 aromatic rings. The fourth-order valence-corrected chi connectivity index (χ4v) is 4.43. The first-order valence-electron chi connectivity index (χ1n) is 9.48. The molecule has 166 valence electrons. The van der Waals surface area contributed by atoms with E-state index in [1.54, 1.807) is 30.4 Å². The number of allylic oxidation sites excluding steroid dienone is 1. The lowest BCUT2D eigenvalue weighted by atomic mass is 10.0. The van der Waals surface area contributed by atoms with E-state index >= 15 is 0 Å². The van der Waals surface area contributed by atoms with Crippen molar-refractivity contribution in [2.24, 2.45) is 0 Å². The van der Waals surface area contributed by atoms with Crippen molar-refractivity contribution in [2.45, 2.75) is 13.0 Å². The van der Waals surface area contributed by atoms with Gasteiger partial charge >= 0.3 is 5.97 Å². The summed E-state index contributed by atoms with van der Waals surface area (Å²) in [6.07, 6.45) is 3.94. The molecule has 3 rings (SSSR count). The topological polar surface area (TPSA) is 76.1 Å². The van der Waals surface area contributed by atoms with Crippen molar-refractivity contribution >= 4 is 57.9 Å². The molecule has 0 spiro atoms. The molecule has 0 aromatic heterocycles. The number of rotatable bonds is 9. The lowest BCUT2D eigenvalue weighted by molar-refractivity contribution is -0.140. The first-order valence-corrected chi connectivity index (χ1v) is 11.1. The molecule has 0 bridgehead atoms. The van der Waals surface area contributed by atoms with Crippen LogP contribution in [0.5, 0.6) is 11.5 Å². The van der Waals surface area contributed by atoms with E-state index in [2.05, 4.69) is 6.58 Å². The number of halogens is 1. The van der Waals surface area contributed by atoms with E-state index in [9.17, 15) is 9.59 Å². The normalized spacial score (nSPS) is 14.7. The summed E-state index contributed by atoms with van der Waals surface area (Å²) in [4.78, 5) is 25.0. The molecule has 1 heterocycles. The van der Waals surface area contributed by atoms with Gasteiger partial charge in [-0.1, -0.05) is 53.8 Å². The number of thiocarbonyl (C=S) groups is 1. The van der Waals surface area contributed by atoms with Gasteiger partial charge in [0, 0.05) is 10.6 Å². The highest BCUT2D eigenvalue weighted by Gasteiger charge is 2.33. The molecule has 6 nitrogen and oxygen atoms in total. The maximum absolute atomic E-state index is 12.6. The highest BCUT2D eigenvalue weighted by atomic mass is 35.5. The van der Waals surface area contributed by atoms with Gasteiger partial charge in [-0.05, 0) is 47.9 Å². The Hall–Kier alpha value is -2.81. The van der Waals surface area contributed by atoms with Gasteiger partial charge in [-0.2, -0.15) is 0 Å². The van der Waals surface area contributed by atoms with Crippen LogP contribution in [-0.4, -0.2) is 39.9 Å². The molecule has 1 fully saturated rings. The molecule has 0 radical (unpaired) electrons. The van der Waals surface area contributed by atoms with Gasteiger partial charge in [0.1, 0.15) is 17.5 Å². The van der Waals surface area contributed by atoms with Crippen LogP contribution in [0.2, 0.25) is 5.02 Å². The average Bonchev–Trinajstić information content (AvgIpc) is 3.01. The largest absolute Gasteiger partial charge is 0.493 e. The zero-order chi connectivity index (χ0) is 23.3. The summed E-state index contributed by atoms with van der Waals surface area (Å²) in [7, 11) is 1.54. The van der Waals surface area contributed by atoms with Gasteiger partial charge in [-0.3, -0.25) is 14.5 Å². The number of benzene rings is 2. The molecule has 9 heteroatoms. The molecule has 0 aliphatic carbocycles. The lowest BCUT2D eigenvalue weighted by Crippen LogP contribution is -2.33. The fourth-order valence-electron chi connectivity index (χ4n) is 3.05. The maximum Gasteiger partial charge on any atom is 0.323 e. The smallest absolute Gasteiger partial charge is 0.323 e. The highest BCUT2D eigenvalue weighted by Crippen LogP contribution is 2.37. The van der Waals surface area contributed by atoms with E-state index in [0.29, 0.717) is 40.0 Å². The number of carboxylic acids is 1. The van der Waals surface area contributed by atoms with Crippen molar-refractivity contribution in [3.63, 3.8) is 0 Å². The van der Waals surface area contributed by atoms with Crippen LogP contribution in [0.3, 0.4) is 0 Å². The lowest BCUT2D eigenvalue weighted by Gasteiger charge is -2.16. The maximum atomic E-state index is 12.6. The SMILES string of the molecule is C=CCc1cc(/C=C2/SC(=S)N(CC(=O)O)C2=O)cc(OC)c1OCc1ccc(Cl)cc1. The molecule has 1 N–H and O–H groups in total. The minimum atomic E-state index is -1.13. The van der Waals surface area contributed by atoms with Crippen molar-refractivity contribution in [1.82, 2.24) is 4.90 Å². The van der Waals surface area contributed by atoms with E-state index in [1.807, 2.05) is 18.2 Å². The fraction of sp³-hybridized carbons (Fsp3) is 0.174. The third kappa shape index (κ3) is 5.70. The molecule has 1 amide bonds. The summed E-state index contributed by atoms with van der Waals surface area (Å²) in [5.74, 6) is -0.474. The Labute approximate surface area is 200 Å². The van der Waals surface area contributed by atoms with E-state index in [-0.39, 0.29) is 4.32 Å². The molecule has 0 saturated carbocycles. The third-order valence-corrected chi connectivity index (χ3v) is 6.13. The van der Waals surface area contributed by atoms with Gasteiger partial charge in [0.05, 0.1) is 12.0 Å². The Morgan fingerprint density at radius 2 is 2.03 bits per heavy atom. The van der Waals surface area contributed by atoms with E-state index in [4.69, 9.17) is 38.4 Å². The molecular weight excluding hydrogens is 470 g/mol.